The Labute approximate surface area is 199 Å². The second-order valence-corrected chi connectivity index (χ2v) is 11.3. The average Bonchev–Trinajstić information content (AvgIpc) is 3.29. The van der Waals surface area contributed by atoms with Crippen molar-refractivity contribution in [1.82, 2.24) is 24.3 Å². The summed E-state index contributed by atoms with van der Waals surface area (Å²) in [7, 11) is 1.84. The van der Waals surface area contributed by atoms with Crippen molar-refractivity contribution in [2.75, 3.05) is 18.1 Å². The molecule has 2 aromatic rings. The first-order valence-corrected chi connectivity index (χ1v) is 11.6. The van der Waals surface area contributed by atoms with E-state index in [0.29, 0.717) is 18.1 Å². The van der Waals surface area contributed by atoms with Crippen LogP contribution in [0.25, 0.3) is 0 Å². The van der Waals surface area contributed by atoms with Crippen molar-refractivity contribution in [3.63, 3.8) is 0 Å². The summed E-state index contributed by atoms with van der Waals surface area (Å²) in [6, 6.07) is -0.424. The first-order chi connectivity index (χ1) is 15.6. The van der Waals surface area contributed by atoms with E-state index in [9.17, 15) is 9.59 Å². The van der Waals surface area contributed by atoms with Gasteiger partial charge >= 0.3 is 5.69 Å². The van der Waals surface area contributed by atoms with Gasteiger partial charge < -0.3 is 19.1 Å². The molecule has 0 saturated carbocycles. The van der Waals surface area contributed by atoms with Gasteiger partial charge in [0.25, 0.3) is 5.56 Å². The van der Waals surface area contributed by atoms with E-state index in [0.717, 1.165) is 5.82 Å². The second-order valence-electron chi connectivity index (χ2n) is 11.3. The highest BCUT2D eigenvalue weighted by Gasteiger charge is 2.67. The van der Waals surface area contributed by atoms with Crippen LogP contribution in [0.4, 0.5) is 5.95 Å². The van der Waals surface area contributed by atoms with E-state index in [1.807, 2.05) is 60.4 Å². The lowest BCUT2D eigenvalue weighted by molar-refractivity contribution is -0.183. The van der Waals surface area contributed by atoms with E-state index in [1.165, 1.54) is 10.8 Å². The van der Waals surface area contributed by atoms with Gasteiger partial charge in [-0.25, -0.2) is 4.79 Å². The second kappa shape index (κ2) is 8.03. The number of ether oxygens (including phenoxy) is 3. The summed E-state index contributed by atoms with van der Waals surface area (Å²) in [6.07, 6.45) is 0.355. The quantitative estimate of drug-likeness (QED) is 0.689. The van der Waals surface area contributed by atoms with E-state index in [-0.39, 0.29) is 6.61 Å². The van der Waals surface area contributed by atoms with E-state index in [4.69, 9.17) is 14.2 Å². The van der Waals surface area contributed by atoms with Gasteiger partial charge in [-0.15, -0.1) is 5.10 Å². The summed E-state index contributed by atoms with van der Waals surface area (Å²) in [5, 5.41) is 4.60. The van der Waals surface area contributed by atoms with Crippen molar-refractivity contribution < 1.29 is 14.2 Å². The Kier molecular flexibility index (Phi) is 5.81. The Bertz CT molecular complexity index is 1170. The lowest BCUT2D eigenvalue weighted by Crippen LogP contribution is -2.52. The fourth-order valence-electron chi connectivity index (χ4n) is 4.50. The average molecular weight is 477 g/mol. The molecule has 34 heavy (non-hydrogen) atoms. The van der Waals surface area contributed by atoms with E-state index in [2.05, 4.69) is 15.1 Å². The zero-order valence-electron chi connectivity index (χ0n) is 21.5. The third-order valence-corrected chi connectivity index (χ3v) is 6.15. The minimum atomic E-state index is -0.882. The molecule has 0 amide bonds. The van der Waals surface area contributed by atoms with Gasteiger partial charge in [-0.2, -0.15) is 4.98 Å². The van der Waals surface area contributed by atoms with Crippen molar-refractivity contribution in [3.8, 4) is 0 Å². The topological polar surface area (TPSA) is 116 Å². The minimum Gasteiger partial charge on any atom is -0.373 e. The Morgan fingerprint density at radius 3 is 2.41 bits per heavy atom. The van der Waals surface area contributed by atoms with Gasteiger partial charge in [0.15, 0.2) is 6.23 Å². The van der Waals surface area contributed by atoms with Gasteiger partial charge in [0, 0.05) is 18.8 Å². The number of hydrogen-bond acceptors (Lipinski definition) is 8. The number of nitrogens with zero attached hydrogens (tertiary/aromatic N) is 5. The minimum absolute atomic E-state index is 0.254. The van der Waals surface area contributed by atoms with Crippen molar-refractivity contribution in [2.45, 2.75) is 90.6 Å². The van der Waals surface area contributed by atoms with Crippen LogP contribution < -0.4 is 16.1 Å². The molecule has 0 aromatic carbocycles. The summed E-state index contributed by atoms with van der Waals surface area (Å²) in [5.41, 5.74) is -2.32. The summed E-state index contributed by atoms with van der Waals surface area (Å²) < 4.78 is 22.6. The fourth-order valence-corrected chi connectivity index (χ4v) is 4.50. The smallest absolute Gasteiger partial charge is 0.330 e. The number of H-pyrrole nitrogens is 1. The molecule has 2 saturated heterocycles. The molecule has 2 fully saturated rings. The molecule has 2 aromatic heterocycles. The molecule has 2 aliphatic heterocycles. The van der Waals surface area contributed by atoms with Gasteiger partial charge in [0.2, 0.25) is 5.95 Å². The molecule has 0 spiro atoms. The fraction of sp³-hybridized carbons (Fsp3) is 0.739. The monoisotopic (exact) mass is 476 g/mol. The third kappa shape index (κ3) is 4.44. The SMILES string of the molecule is Cc1cn([C@@H]2O[C@@]3(COC(C)(C)C)CN(c4nc(C)n(C)n4)[C@@H]2[C@@H]3OC(C)(C)C)c(=O)[nH]c1=O. The summed E-state index contributed by atoms with van der Waals surface area (Å²) >= 11 is 0. The summed E-state index contributed by atoms with van der Waals surface area (Å²) in [4.78, 5) is 34.0. The van der Waals surface area contributed by atoms with E-state index in [1.54, 1.807) is 11.6 Å². The molecule has 0 radical (unpaired) electrons. The van der Waals surface area contributed by atoms with Gasteiger partial charge in [0.1, 0.15) is 23.6 Å². The van der Waals surface area contributed by atoms with Crippen LogP contribution in [0.5, 0.6) is 0 Å². The molecule has 11 heteroatoms. The molecule has 4 heterocycles. The van der Waals surface area contributed by atoms with Crippen LogP contribution in [-0.4, -0.2) is 66.4 Å². The molecule has 11 nitrogen and oxygen atoms in total. The Morgan fingerprint density at radius 2 is 1.85 bits per heavy atom. The van der Waals surface area contributed by atoms with Gasteiger partial charge in [0.05, 0.1) is 24.4 Å². The highest BCUT2D eigenvalue weighted by atomic mass is 16.6. The number of aromatic amines is 1. The maximum Gasteiger partial charge on any atom is 0.330 e. The Balaban J connectivity index is 1.86. The molecule has 0 unspecified atom stereocenters. The molecule has 4 rings (SSSR count). The molecule has 188 valence electrons. The number of hydrogen-bond donors (Lipinski definition) is 1. The standard InChI is InChI=1S/C23H36N6O5/c1-13-10-28(20(31)25-17(13)30)18-15-16(33-22(6,7)8)23(34-18,12-32-21(3,4)5)11-29(15)19-24-14(2)27(9)26-19/h10,15-16,18H,11-12H2,1-9H3,(H,25,30,31)/t15-,16+,18-,23-/m1/s1. The normalized spacial score (nSPS) is 27.1. The number of anilines is 1. The van der Waals surface area contributed by atoms with Crippen LogP contribution in [0.2, 0.25) is 0 Å². The largest absolute Gasteiger partial charge is 0.373 e. The number of rotatable bonds is 5. The zero-order valence-corrected chi connectivity index (χ0v) is 21.5. The van der Waals surface area contributed by atoms with Crippen molar-refractivity contribution in [1.29, 1.82) is 0 Å². The number of aromatic nitrogens is 5. The predicted molar refractivity (Wildman–Crippen MR) is 126 cm³/mol. The Hall–Kier alpha value is -2.50. The molecule has 0 aliphatic carbocycles. The van der Waals surface area contributed by atoms with Crippen LogP contribution in [-0.2, 0) is 21.3 Å². The molecule has 2 aliphatic rings. The summed E-state index contributed by atoms with van der Waals surface area (Å²) in [6.45, 7) is 16.2. The predicted octanol–water partition coefficient (Wildman–Crippen LogP) is 1.44. The van der Waals surface area contributed by atoms with Crippen molar-refractivity contribution in [3.05, 3.63) is 38.4 Å². The molecular formula is C23H36N6O5. The maximum absolute atomic E-state index is 12.9. The molecule has 4 atom stereocenters. The zero-order chi connectivity index (χ0) is 25.2. The lowest BCUT2D eigenvalue weighted by Gasteiger charge is -2.38. The van der Waals surface area contributed by atoms with E-state index < -0.39 is 46.4 Å². The van der Waals surface area contributed by atoms with Gasteiger partial charge in [-0.3, -0.25) is 19.0 Å². The van der Waals surface area contributed by atoms with Crippen LogP contribution in [0.3, 0.4) is 0 Å². The number of fused-ring (bicyclic) bond motifs is 2. The van der Waals surface area contributed by atoms with Crippen LogP contribution in [0.1, 0.15) is 59.2 Å². The number of aryl methyl sites for hydroxylation is 3. The van der Waals surface area contributed by atoms with Gasteiger partial charge in [-0.1, -0.05) is 0 Å². The highest BCUT2D eigenvalue weighted by Crippen LogP contribution is 2.50. The number of nitrogens with one attached hydrogen (secondary N) is 1. The van der Waals surface area contributed by atoms with Crippen LogP contribution in [0.15, 0.2) is 15.8 Å². The van der Waals surface area contributed by atoms with Crippen LogP contribution >= 0.6 is 0 Å². The molecular weight excluding hydrogens is 440 g/mol. The third-order valence-electron chi connectivity index (χ3n) is 6.15. The van der Waals surface area contributed by atoms with Crippen LogP contribution in [0, 0.1) is 13.8 Å². The van der Waals surface area contributed by atoms with Crippen molar-refractivity contribution >= 4 is 5.95 Å². The maximum atomic E-state index is 12.9. The van der Waals surface area contributed by atoms with Crippen molar-refractivity contribution in [2.24, 2.45) is 7.05 Å². The first kappa shape index (κ1) is 24.6. The highest BCUT2D eigenvalue weighted by molar-refractivity contribution is 5.41. The Morgan fingerprint density at radius 1 is 1.18 bits per heavy atom. The van der Waals surface area contributed by atoms with E-state index >= 15 is 0 Å². The lowest BCUT2D eigenvalue weighted by atomic mass is 9.98. The van der Waals surface area contributed by atoms with Gasteiger partial charge in [-0.05, 0) is 55.4 Å². The summed E-state index contributed by atoms with van der Waals surface area (Å²) in [5.74, 6) is 1.30. The first-order valence-electron chi connectivity index (χ1n) is 11.6. The number of morpholine rings is 1. The molecule has 1 N–H and O–H groups in total. The molecule has 2 bridgehead atoms.